The molecule has 0 aromatic heterocycles. The molecule has 162 valence electrons. The highest BCUT2D eigenvalue weighted by Gasteiger charge is 2.41. The Balaban J connectivity index is 1.83. The van der Waals surface area contributed by atoms with Crippen LogP contribution in [0.5, 0.6) is 0 Å². The molecule has 4 nitrogen and oxygen atoms in total. The van der Waals surface area contributed by atoms with Gasteiger partial charge < -0.3 is 5.32 Å². The van der Waals surface area contributed by atoms with Crippen LogP contribution in [-0.4, -0.2) is 11.8 Å². The maximum absolute atomic E-state index is 13.4. The van der Waals surface area contributed by atoms with Crippen LogP contribution in [0.2, 0.25) is 5.02 Å². The second-order valence-corrected chi connectivity index (χ2v) is 7.63. The van der Waals surface area contributed by atoms with Gasteiger partial charge in [-0.3, -0.25) is 9.59 Å². The second kappa shape index (κ2) is 8.16. The summed E-state index contributed by atoms with van der Waals surface area (Å²) in [6.07, 6.45) is -4.55. The normalized spacial score (nSPS) is 14.3. The molecule has 0 bridgehead atoms. The molecule has 32 heavy (non-hydrogen) atoms. The molecule has 2 amide bonds. The predicted octanol–water partition coefficient (Wildman–Crippen LogP) is 6.06. The highest BCUT2D eigenvalue weighted by atomic mass is 35.5. The second-order valence-electron chi connectivity index (χ2n) is 7.20. The molecule has 1 heterocycles. The highest BCUT2D eigenvalue weighted by Crippen LogP contribution is 2.37. The Morgan fingerprint density at radius 3 is 2.28 bits per heavy atom. The summed E-state index contributed by atoms with van der Waals surface area (Å²) >= 11 is 6.09. The van der Waals surface area contributed by atoms with Gasteiger partial charge >= 0.3 is 6.18 Å². The molecule has 0 unspecified atom stereocenters. The van der Waals surface area contributed by atoms with Crippen LogP contribution >= 0.6 is 11.6 Å². The first-order valence-electron chi connectivity index (χ1n) is 9.56. The fourth-order valence-electron chi connectivity index (χ4n) is 3.48. The van der Waals surface area contributed by atoms with Gasteiger partial charge in [0.05, 0.1) is 16.8 Å². The van der Waals surface area contributed by atoms with Crippen LogP contribution < -0.4 is 10.2 Å². The maximum atomic E-state index is 13.4. The first-order valence-corrected chi connectivity index (χ1v) is 9.93. The van der Waals surface area contributed by atoms with Gasteiger partial charge in [0, 0.05) is 10.7 Å². The number of nitrogens with zero attached hydrogens (tertiary/aromatic N) is 1. The summed E-state index contributed by atoms with van der Waals surface area (Å²) < 4.78 is 39.4. The molecule has 3 aromatic carbocycles. The van der Waals surface area contributed by atoms with Gasteiger partial charge in [-0.05, 0) is 48.4 Å². The molecule has 0 aliphatic carbocycles. The standard InChI is InChI=1S/C24H16ClF3N2O2/c1-14-10-11-17(25)13-19(14)30-22(31)20(15-6-3-2-4-7-15)21(23(30)32)29-18-9-5-8-16(12-18)24(26,27)28/h2-13,29H,1H3. The molecule has 0 saturated heterocycles. The summed E-state index contributed by atoms with van der Waals surface area (Å²) in [6.45, 7) is 1.73. The van der Waals surface area contributed by atoms with E-state index in [-0.39, 0.29) is 17.0 Å². The smallest absolute Gasteiger partial charge is 0.350 e. The zero-order valence-corrected chi connectivity index (χ0v) is 17.5. The average molecular weight is 457 g/mol. The Hall–Kier alpha value is -3.58. The fraction of sp³-hybridized carbons (Fsp3) is 0.0833. The van der Waals surface area contributed by atoms with Gasteiger partial charge in [0.25, 0.3) is 11.8 Å². The molecule has 0 atom stereocenters. The number of nitrogens with one attached hydrogen (secondary N) is 1. The lowest BCUT2D eigenvalue weighted by atomic mass is 10.0. The summed E-state index contributed by atoms with van der Waals surface area (Å²) in [4.78, 5) is 27.7. The van der Waals surface area contributed by atoms with Crippen molar-refractivity contribution in [1.29, 1.82) is 0 Å². The Labute approximate surface area is 186 Å². The molecule has 0 saturated carbocycles. The number of aryl methyl sites for hydroxylation is 1. The SMILES string of the molecule is Cc1ccc(Cl)cc1N1C(=O)C(Nc2cccc(C(F)(F)F)c2)=C(c2ccccc2)C1=O. The Kier molecular flexibility index (Phi) is 5.52. The predicted molar refractivity (Wildman–Crippen MR) is 117 cm³/mol. The van der Waals surface area contributed by atoms with Crippen LogP contribution in [0, 0.1) is 6.92 Å². The average Bonchev–Trinajstić information content (AvgIpc) is 2.99. The van der Waals surface area contributed by atoms with E-state index in [1.807, 2.05) is 0 Å². The molecule has 8 heteroatoms. The fourth-order valence-corrected chi connectivity index (χ4v) is 3.64. The number of alkyl halides is 3. The van der Waals surface area contributed by atoms with Gasteiger partial charge in [-0.25, -0.2) is 4.90 Å². The Morgan fingerprint density at radius 2 is 1.59 bits per heavy atom. The van der Waals surface area contributed by atoms with Crippen molar-refractivity contribution in [3.8, 4) is 0 Å². The minimum absolute atomic E-state index is 0.0362. The number of hydrogen-bond acceptors (Lipinski definition) is 3. The third-order valence-corrected chi connectivity index (χ3v) is 5.25. The van der Waals surface area contributed by atoms with E-state index in [0.717, 1.165) is 17.0 Å². The van der Waals surface area contributed by atoms with Crippen LogP contribution in [0.25, 0.3) is 5.57 Å². The first-order chi connectivity index (χ1) is 15.2. The lowest BCUT2D eigenvalue weighted by Gasteiger charge is -2.18. The van der Waals surface area contributed by atoms with Crippen molar-refractivity contribution >= 4 is 40.4 Å². The number of benzene rings is 3. The first kappa shape index (κ1) is 21.6. The van der Waals surface area contributed by atoms with Gasteiger partial charge in [0.15, 0.2) is 0 Å². The molecular weight excluding hydrogens is 441 g/mol. The van der Waals surface area contributed by atoms with Gasteiger partial charge in [0.2, 0.25) is 0 Å². The number of hydrogen-bond donors (Lipinski definition) is 1. The number of imide groups is 1. The van der Waals surface area contributed by atoms with Crippen molar-refractivity contribution in [1.82, 2.24) is 0 Å². The van der Waals surface area contributed by atoms with Crippen molar-refractivity contribution in [3.63, 3.8) is 0 Å². The van der Waals surface area contributed by atoms with E-state index in [1.54, 1.807) is 49.4 Å². The van der Waals surface area contributed by atoms with Crippen molar-refractivity contribution in [2.75, 3.05) is 10.2 Å². The zero-order valence-electron chi connectivity index (χ0n) is 16.7. The summed E-state index contributed by atoms with van der Waals surface area (Å²) in [5.41, 5.74) is 0.526. The molecule has 0 radical (unpaired) electrons. The van der Waals surface area contributed by atoms with E-state index < -0.39 is 23.6 Å². The molecule has 0 spiro atoms. The largest absolute Gasteiger partial charge is 0.416 e. The number of carbonyl (C=O) groups excluding carboxylic acids is 2. The van der Waals surface area contributed by atoms with Crippen molar-refractivity contribution in [3.05, 3.63) is 100 Å². The minimum atomic E-state index is -4.55. The van der Waals surface area contributed by atoms with E-state index in [9.17, 15) is 22.8 Å². The monoisotopic (exact) mass is 456 g/mol. The van der Waals surface area contributed by atoms with E-state index >= 15 is 0 Å². The van der Waals surface area contributed by atoms with Crippen LogP contribution in [0.3, 0.4) is 0 Å². The maximum Gasteiger partial charge on any atom is 0.416 e. The third kappa shape index (κ3) is 3.99. The Morgan fingerprint density at radius 1 is 0.875 bits per heavy atom. The van der Waals surface area contributed by atoms with Gasteiger partial charge in [-0.15, -0.1) is 0 Å². The van der Waals surface area contributed by atoms with Crippen molar-refractivity contribution < 1.29 is 22.8 Å². The van der Waals surface area contributed by atoms with Crippen LogP contribution in [-0.2, 0) is 15.8 Å². The molecule has 4 rings (SSSR count). The number of amides is 2. The molecule has 1 N–H and O–H groups in total. The summed E-state index contributed by atoms with van der Waals surface area (Å²) in [7, 11) is 0. The topological polar surface area (TPSA) is 49.4 Å². The zero-order chi connectivity index (χ0) is 23.0. The molecule has 1 aliphatic rings. The summed E-state index contributed by atoms with van der Waals surface area (Å²) in [5, 5.41) is 3.09. The molecule has 3 aromatic rings. The molecule has 0 fully saturated rings. The van der Waals surface area contributed by atoms with Crippen LogP contribution in [0.1, 0.15) is 16.7 Å². The number of anilines is 2. The lowest BCUT2D eigenvalue weighted by molar-refractivity contribution is -0.137. The highest BCUT2D eigenvalue weighted by molar-refractivity contribution is 6.46. The Bertz CT molecular complexity index is 1250. The van der Waals surface area contributed by atoms with Crippen LogP contribution in [0.4, 0.5) is 24.5 Å². The van der Waals surface area contributed by atoms with E-state index in [2.05, 4.69) is 5.32 Å². The van der Waals surface area contributed by atoms with Crippen molar-refractivity contribution in [2.24, 2.45) is 0 Å². The number of halogens is 4. The van der Waals surface area contributed by atoms with Gasteiger partial charge in [-0.1, -0.05) is 54.1 Å². The van der Waals surface area contributed by atoms with Crippen molar-refractivity contribution in [2.45, 2.75) is 13.1 Å². The summed E-state index contributed by atoms with van der Waals surface area (Å²) in [5.74, 6) is -1.28. The molecule has 1 aliphatic heterocycles. The van der Waals surface area contributed by atoms with E-state index in [0.29, 0.717) is 21.8 Å². The quantitative estimate of drug-likeness (QED) is 0.485. The van der Waals surface area contributed by atoms with E-state index in [4.69, 9.17) is 11.6 Å². The minimum Gasteiger partial charge on any atom is -0.350 e. The van der Waals surface area contributed by atoms with Gasteiger partial charge in [-0.2, -0.15) is 13.2 Å². The van der Waals surface area contributed by atoms with Gasteiger partial charge in [0.1, 0.15) is 5.70 Å². The number of carbonyl (C=O) groups is 2. The number of rotatable bonds is 4. The van der Waals surface area contributed by atoms with E-state index in [1.165, 1.54) is 18.2 Å². The third-order valence-electron chi connectivity index (χ3n) is 5.02. The summed E-state index contributed by atoms with van der Waals surface area (Å²) in [6, 6.07) is 17.7. The van der Waals surface area contributed by atoms with Crippen LogP contribution in [0.15, 0.2) is 78.5 Å². The molecular formula is C24H16ClF3N2O2. The lowest BCUT2D eigenvalue weighted by Crippen LogP contribution is -2.33.